The number of carbonyl (C=O) groups is 2. The van der Waals surface area contributed by atoms with E-state index in [0.717, 1.165) is 0 Å². The Morgan fingerprint density at radius 2 is 1.85 bits per heavy atom. The van der Waals surface area contributed by atoms with E-state index in [4.69, 9.17) is 13.9 Å². The average Bonchev–Trinajstić information content (AvgIpc) is 3.13. The molecule has 0 spiro atoms. The second-order valence-corrected chi connectivity index (χ2v) is 14.7. The van der Waals surface area contributed by atoms with Crippen LogP contribution in [0.4, 0.5) is 10.5 Å². The first kappa shape index (κ1) is 27.7. The van der Waals surface area contributed by atoms with Gasteiger partial charge in [0.1, 0.15) is 6.61 Å². The highest BCUT2D eigenvalue weighted by Gasteiger charge is 2.44. The summed E-state index contributed by atoms with van der Waals surface area (Å²) in [6.45, 7) is 13.8. The van der Waals surface area contributed by atoms with E-state index in [1.165, 1.54) is 12.1 Å². The lowest BCUT2D eigenvalue weighted by Crippen LogP contribution is -2.45. The molecular formula is C23H37N3O7Si. The Labute approximate surface area is 202 Å². The van der Waals surface area contributed by atoms with Gasteiger partial charge in [-0.3, -0.25) is 14.9 Å². The van der Waals surface area contributed by atoms with Gasteiger partial charge in [0.2, 0.25) is 0 Å². The molecule has 0 bridgehead atoms. The van der Waals surface area contributed by atoms with Crippen LogP contribution in [0.15, 0.2) is 24.3 Å². The van der Waals surface area contributed by atoms with Crippen molar-refractivity contribution in [1.82, 2.24) is 10.2 Å². The van der Waals surface area contributed by atoms with Crippen LogP contribution in [0.5, 0.6) is 0 Å². The van der Waals surface area contributed by atoms with Gasteiger partial charge in [0.25, 0.3) is 5.69 Å². The van der Waals surface area contributed by atoms with Gasteiger partial charge in [-0.1, -0.05) is 20.8 Å². The number of likely N-dealkylation sites (tertiary alicyclic amines) is 1. The normalized spacial score (nSPS) is 18.6. The molecule has 0 aromatic heterocycles. The molecule has 1 aliphatic heterocycles. The fraction of sp³-hybridized carbons (Fsp3) is 0.652. The molecule has 1 saturated heterocycles. The molecule has 0 radical (unpaired) electrons. The van der Waals surface area contributed by atoms with E-state index in [2.05, 4.69) is 39.2 Å². The predicted molar refractivity (Wildman–Crippen MR) is 130 cm³/mol. The first-order valence-electron chi connectivity index (χ1n) is 11.5. The molecule has 34 heavy (non-hydrogen) atoms. The van der Waals surface area contributed by atoms with Crippen molar-refractivity contribution in [2.45, 2.75) is 71.0 Å². The van der Waals surface area contributed by atoms with Gasteiger partial charge in [-0.25, -0.2) is 4.79 Å². The minimum Gasteiger partial charge on any atom is -0.465 e. The molecule has 1 aliphatic rings. The van der Waals surface area contributed by atoms with Crippen molar-refractivity contribution in [1.29, 1.82) is 0 Å². The Hall–Kier alpha value is -2.50. The van der Waals surface area contributed by atoms with Crippen molar-refractivity contribution >= 4 is 26.1 Å². The van der Waals surface area contributed by atoms with Gasteiger partial charge in [-0.2, -0.15) is 0 Å². The van der Waals surface area contributed by atoms with Gasteiger partial charge in [0.05, 0.1) is 30.2 Å². The van der Waals surface area contributed by atoms with Crippen LogP contribution >= 0.6 is 0 Å². The number of hydrogen-bond acceptors (Lipinski definition) is 8. The Balaban J connectivity index is 2.03. The maximum Gasteiger partial charge on any atom is 0.410 e. The Morgan fingerprint density at radius 1 is 1.21 bits per heavy atom. The first-order chi connectivity index (χ1) is 15.8. The zero-order valence-electron chi connectivity index (χ0n) is 21.0. The third kappa shape index (κ3) is 7.78. The summed E-state index contributed by atoms with van der Waals surface area (Å²) in [6.07, 6.45) is 0.0273. The number of nitro benzene ring substituents is 1. The van der Waals surface area contributed by atoms with Crippen LogP contribution in [0.1, 0.15) is 39.7 Å². The number of carbonyl (C=O) groups excluding carboxylic acids is 2. The van der Waals surface area contributed by atoms with E-state index in [-0.39, 0.29) is 42.0 Å². The lowest BCUT2D eigenvalue weighted by Gasteiger charge is -2.38. The molecule has 190 valence electrons. The molecule has 1 N–H and O–H groups in total. The number of nitro groups is 1. The molecule has 11 heteroatoms. The van der Waals surface area contributed by atoms with E-state index < -0.39 is 19.3 Å². The number of ether oxygens (including phenoxy) is 2. The number of nitrogens with zero attached hydrogens (tertiary/aromatic N) is 2. The number of esters is 1. The Morgan fingerprint density at radius 3 is 2.41 bits per heavy atom. The van der Waals surface area contributed by atoms with E-state index in [1.807, 2.05) is 0 Å². The van der Waals surface area contributed by atoms with Gasteiger partial charge < -0.3 is 24.1 Å². The zero-order valence-corrected chi connectivity index (χ0v) is 22.0. The highest BCUT2D eigenvalue weighted by atomic mass is 28.4. The van der Waals surface area contributed by atoms with Crippen LogP contribution in [0.25, 0.3) is 0 Å². The number of amides is 1. The third-order valence-corrected chi connectivity index (χ3v) is 10.9. The lowest BCUT2D eigenvalue weighted by molar-refractivity contribution is -0.384. The average molecular weight is 496 g/mol. The summed E-state index contributed by atoms with van der Waals surface area (Å²) in [6, 6.07) is 5.69. The topological polar surface area (TPSA) is 120 Å². The van der Waals surface area contributed by atoms with Gasteiger partial charge >= 0.3 is 12.1 Å². The van der Waals surface area contributed by atoms with Crippen LogP contribution in [0, 0.1) is 10.1 Å². The van der Waals surface area contributed by atoms with E-state index in [1.54, 1.807) is 24.0 Å². The molecule has 1 aromatic rings. The molecule has 0 unspecified atom stereocenters. The van der Waals surface area contributed by atoms with Crippen molar-refractivity contribution in [3.05, 3.63) is 39.9 Å². The van der Waals surface area contributed by atoms with Gasteiger partial charge in [0, 0.05) is 25.2 Å². The number of benzene rings is 1. The summed E-state index contributed by atoms with van der Waals surface area (Å²) < 4.78 is 17.0. The molecule has 10 nitrogen and oxygen atoms in total. The molecule has 1 fully saturated rings. The summed E-state index contributed by atoms with van der Waals surface area (Å²) >= 11 is 0. The smallest absolute Gasteiger partial charge is 0.410 e. The molecule has 2 rings (SSSR count). The Kier molecular flexibility index (Phi) is 9.60. The highest BCUT2D eigenvalue weighted by Crippen LogP contribution is 2.39. The molecule has 1 heterocycles. The summed E-state index contributed by atoms with van der Waals surface area (Å²) in [7, 11) is -2.04. The van der Waals surface area contributed by atoms with Gasteiger partial charge in [-0.15, -0.1) is 0 Å². The molecule has 1 amide bonds. The van der Waals surface area contributed by atoms with Crippen LogP contribution < -0.4 is 5.32 Å². The molecule has 0 aliphatic carbocycles. The lowest BCUT2D eigenvalue weighted by atomic mass is 10.2. The third-order valence-electron chi connectivity index (χ3n) is 6.34. The van der Waals surface area contributed by atoms with Crippen molar-refractivity contribution in [2.24, 2.45) is 0 Å². The second kappa shape index (κ2) is 11.8. The fourth-order valence-electron chi connectivity index (χ4n) is 3.46. The van der Waals surface area contributed by atoms with Gasteiger partial charge in [-0.05, 0) is 49.2 Å². The van der Waals surface area contributed by atoms with Crippen LogP contribution in [0.3, 0.4) is 0 Å². The molecule has 0 saturated carbocycles. The van der Waals surface area contributed by atoms with E-state index in [9.17, 15) is 19.7 Å². The first-order valence-corrected chi connectivity index (χ1v) is 14.5. The zero-order chi connectivity index (χ0) is 25.5. The molecular weight excluding hydrogens is 458 g/mol. The van der Waals surface area contributed by atoms with Gasteiger partial charge in [0.15, 0.2) is 8.32 Å². The van der Waals surface area contributed by atoms with E-state index in [0.29, 0.717) is 31.7 Å². The number of rotatable bonds is 10. The largest absolute Gasteiger partial charge is 0.465 e. The minimum atomic E-state index is -2.04. The standard InChI is InChI=1S/C23H37N3O7Si/c1-7-31-21(27)14-24-13-19-12-20(33-34(5,6)23(2,3)4)15-25(19)22(28)32-16-17-8-10-18(11-9-17)26(29)30/h8-11,19-20,24H,7,12-16H2,1-6H3/t19-,20+/m0/s1. The Bertz CT molecular complexity index is 855. The number of nitrogens with one attached hydrogen (secondary N) is 1. The SMILES string of the molecule is CCOC(=O)CNC[C@@H]1C[C@@H](O[Si](C)(C)C(C)(C)C)CN1C(=O)OCc1ccc([N+](=O)[O-])cc1. The number of non-ortho nitro benzene ring substituents is 1. The second-order valence-electron chi connectivity index (χ2n) is 9.96. The monoisotopic (exact) mass is 495 g/mol. The van der Waals surface area contributed by atoms with Crippen molar-refractivity contribution in [2.75, 3.05) is 26.2 Å². The number of hydrogen-bond donors (Lipinski definition) is 1. The maximum absolute atomic E-state index is 12.9. The van der Waals surface area contributed by atoms with Crippen LogP contribution in [-0.4, -0.2) is 68.6 Å². The summed E-state index contributed by atoms with van der Waals surface area (Å²) in [5.74, 6) is -0.345. The summed E-state index contributed by atoms with van der Waals surface area (Å²) in [5.41, 5.74) is 0.636. The van der Waals surface area contributed by atoms with E-state index >= 15 is 0 Å². The van der Waals surface area contributed by atoms with Crippen molar-refractivity contribution in [3.8, 4) is 0 Å². The summed E-state index contributed by atoms with van der Waals surface area (Å²) in [5, 5.41) is 13.9. The fourth-order valence-corrected chi connectivity index (χ4v) is 4.82. The molecule has 1 aromatic carbocycles. The van der Waals surface area contributed by atoms with Crippen molar-refractivity contribution in [3.63, 3.8) is 0 Å². The molecule has 2 atom stereocenters. The minimum absolute atomic E-state index is 0.00403. The van der Waals surface area contributed by atoms with Crippen LogP contribution in [-0.2, 0) is 25.3 Å². The van der Waals surface area contributed by atoms with Crippen molar-refractivity contribution < 1.29 is 28.4 Å². The summed E-state index contributed by atoms with van der Waals surface area (Å²) in [4.78, 5) is 36.6. The predicted octanol–water partition coefficient (Wildman–Crippen LogP) is 3.85. The highest BCUT2D eigenvalue weighted by molar-refractivity contribution is 6.74. The maximum atomic E-state index is 12.9. The quantitative estimate of drug-likeness (QED) is 0.225. The van der Waals surface area contributed by atoms with Crippen LogP contribution in [0.2, 0.25) is 18.1 Å².